The molecule has 0 aliphatic rings. The molecule has 4 aromatic rings. The minimum Gasteiger partial charge on any atom is -0.478 e. The lowest BCUT2D eigenvalue weighted by Gasteiger charge is -2.07. The Kier molecular flexibility index (Phi) is 5.31. The number of amides is 1. The molecule has 0 spiro atoms. The largest absolute Gasteiger partial charge is 0.478 e. The van der Waals surface area contributed by atoms with E-state index in [1.807, 2.05) is 0 Å². The van der Waals surface area contributed by atoms with Crippen LogP contribution in [0.25, 0.3) is 10.9 Å². The maximum Gasteiger partial charge on any atom is 0.335 e. The van der Waals surface area contributed by atoms with Crippen LogP contribution >= 0.6 is 0 Å². The van der Waals surface area contributed by atoms with E-state index in [0.717, 1.165) is 9.54 Å². The number of aromatic carboxylic acids is 1. The maximum absolute atomic E-state index is 13.1. The summed E-state index contributed by atoms with van der Waals surface area (Å²) in [6.45, 7) is 0.170. The van der Waals surface area contributed by atoms with E-state index in [9.17, 15) is 18.0 Å². The molecule has 0 saturated carbocycles. The van der Waals surface area contributed by atoms with Gasteiger partial charge in [-0.25, -0.2) is 17.2 Å². The number of carbonyl (C=O) groups is 2. The molecule has 0 aliphatic heterocycles. The molecule has 3 aromatic carbocycles. The molecule has 0 radical (unpaired) electrons. The first-order valence-electron chi connectivity index (χ1n) is 9.39. The number of para-hydroxylation sites is 1. The van der Waals surface area contributed by atoms with Gasteiger partial charge >= 0.3 is 5.97 Å². The van der Waals surface area contributed by atoms with E-state index in [0.29, 0.717) is 10.9 Å². The zero-order valence-electron chi connectivity index (χ0n) is 16.2. The Morgan fingerprint density at radius 3 is 2.19 bits per heavy atom. The van der Waals surface area contributed by atoms with Crippen LogP contribution in [0.1, 0.15) is 26.3 Å². The van der Waals surface area contributed by atoms with Gasteiger partial charge in [0.15, 0.2) is 0 Å². The quantitative estimate of drug-likeness (QED) is 0.483. The van der Waals surface area contributed by atoms with E-state index in [-0.39, 0.29) is 22.6 Å². The van der Waals surface area contributed by atoms with Gasteiger partial charge < -0.3 is 10.4 Å². The van der Waals surface area contributed by atoms with E-state index in [4.69, 9.17) is 5.11 Å². The van der Waals surface area contributed by atoms with Gasteiger partial charge in [0.2, 0.25) is 0 Å². The van der Waals surface area contributed by atoms with Crippen LogP contribution in [-0.4, -0.2) is 29.4 Å². The highest BCUT2D eigenvalue weighted by Gasteiger charge is 2.23. The summed E-state index contributed by atoms with van der Waals surface area (Å²) < 4.78 is 27.4. The normalized spacial score (nSPS) is 11.4. The molecule has 4 rings (SSSR count). The van der Waals surface area contributed by atoms with Gasteiger partial charge in [-0.2, -0.15) is 0 Å². The molecular formula is C23H18N2O5S. The molecule has 0 unspecified atom stereocenters. The van der Waals surface area contributed by atoms with Crippen molar-refractivity contribution < 1.29 is 23.1 Å². The Hall–Kier alpha value is -3.91. The average Bonchev–Trinajstić information content (AvgIpc) is 3.19. The number of aromatic nitrogens is 1. The van der Waals surface area contributed by atoms with Gasteiger partial charge in [0.25, 0.3) is 15.9 Å². The molecule has 1 heterocycles. The highest BCUT2D eigenvalue weighted by Crippen LogP contribution is 2.26. The number of rotatable bonds is 6. The number of hydrogen-bond acceptors (Lipinski definition) is 4. The van der Waals surface area contributed by atoms with Crippen LogP contribution in [0.5, 0.6) is 0 Å². The fraction of sp³-hybridized carbons (Fsp3) is 0.0435. The highest BCUT2D eigenvalue weighted by atomic mass is 32.2. The molecule has 0 aliphatic carbocycles. The summed E-state index contributed by atoms with van der Waals surface area (Å²) in [6, 6.07) is 21.0. The van der Waals surface area contributed by atoms with Gasteiger partial charge in [0.05, 0.1) is 21.5 Å². The molecule has 31 heavy (non-hydrogen) atoms. The lowest BCUT2D eigenvalue weighted by molar-refractivity contribution is 0.0696. The fourth-order valence-electron chi connectivity index (χ4n) is 3.28. The van der Waals surface area contributed by atoms with Crippen molar-refractivity contribution in [3.05, 3.63) is 102 Å². The molecule has 156 valence electrons. The molecular weight excluding hydrogens is 416 g/mol. The average molecular weight is 434 g/mol. The second-order valence-corrected chi connectivity index (χ2v) is 8.67. The van der Waals surface area contributed by atoms with Crippen molar-refractivity contribution in [3.63, 3.8) is 0 Å². The number of nitrogens with one attached hydrogen (secondary N) is 1. The summed E-state index contributed by atoms with van der Waals surface area (Å²) >= 11 is 0. The summed E-state index contributed by atoms with van der Waals surface area (Å²) in [5.41, 5.74) is 1.52. The number of benzene rings is 3. The van der Waals surface area contributed by atoms with E-state index in [2.05, 4.69) is 5.32 Å². The maximum atomic E-state index is 13.1. The van der Waals surface area contributed by atoms with Gasteiger partial charge in [-0.3, -0.25) is 4.79 Å². The zero-order valence-corrected chi connectivity index (χ0v) is 17.0. The first-order valence-corrected chi connectivity index (χ1v) is 10.8. The van der Waals surface area contributed by atoms with Gasteiger partial charge in [-0.05, 0) is 35.9 Å². The van der Waals surface area contributed by atoms with Crippen LogP contribution in [0.3, 0.4) is 0 Å². The summed E-state index contributed by atoms with van der Waals surface area (Å²) in [4.78, 5) is 23.9. The summed E-state index contributed by atoms with van der Waals surface area (Å²) in [7, 11) is -3.88. The molecule has 2 N–H and O–H groups in total. The number of carbonyl (C=O) groups excluding carboxylic acids is 1. The monoisotopic (exact) mass is 434 g/mol. The van der Waals surface area contributed by atoms with Gasteiger partial charge in [0, 0.05) is 18.1 Å². The number of nitrogens with zero attached hydrogens (tertiary/aromatic N) is 1. The number of carboxylic acids is 1. The third kappa shape index (κ3) is 3.93. The molecule has 7 nitrogen and oxygen atoms in total. The van der Waals surface area contributed by atoms with Crippen LogP contribution in [0.4, 0.5) is 0 Å². The van der Waals surface area contributed by atoms with E-state index in [1.54, 1.807) is 54.6 Å². The molecule has 0 fully saturated rings. The van der Waals surface area contributed by atoms with E-state index < -0.39 is 21.9 Å². The molecule has 1 amide bonds. The smallest absolute Gasteiger partial charge is 0.335 e. The Balaban J connectivity index is 1.65. The van der Waals surface area contributed by atoms with Crippen molar-refractivity contribution in [1.82, 2.24) is 9.29 Å². The van der Waals surface area contributed by atoms with Crippen LogP contribution in [-0.2, 0) is 16.6 Å². The predicted octanol–water partition coefficient (Wildman–Crippen LogP) is 3.51. The highest BCUT2D eigenvalue weighted by molar-refractivity contribution is 7.90. The Morgan fingerprint density at radius 1 is 0.871 bits per heavy atom. The van der Waals surface area contributed by atoms with Crippen molar-refractivity contribution in [2.24, 2.45) is 0 Å². The summed E-state index contributed by atoms with van der Waals surface area (Å²) in [6.07, 6.45) is 1.33. The molecule has 0 saturated heterocycles. The second-order valence-electron chi connectivity index (χ2n) is 6.86. The zero-order chi connectivity index (χ0) is 22.0. The standard InChI is InChI=1S/C23H18N2O5S/c26-22(24-14-16-10-12-17(13-11-16)23(27)28)20-15-25(21-9-5-4-8-19(20)21)31(29,30)18-6-2-1-3-7-18/h1-13,15H,14H2,(H,24,26)(H,27,28). The second kappa shape index (κ2) is 8.08. The van der Waals surface area contributed by atoms with Crippen LogP contribution in [0, 0.1) is 0 Å². The molecule has 1 aromatic heterocycles. The Bertz CT molecular complexity index is 1370. The fourth-order valence-corrected chi connectivity index (χ4v) is 4.67. The molecule has 8 heteroatoms. The molecule has 0 atom stereocenters. The van der Waals surface area contributed by atoms with Crippen molar-refractivity contribution >= 4 is 32.8 Å². The van der Waals surface area contributed by atoms with Gasteiger partial charge in [0.1, 0.15) is 0 Å². The van der Waals surface area contributed by atoms with Gasteiger partial charge in [-0.15, -0.1) is 0 Å². The van der Waals surface area contributed by atoms with Gasteiger partial charge in [-0.1, -0.05) is 48.5 Å². The number of hydrogen-bond donors (Lipinski definition) is 2. The third-order valence-electron chi connectivity index (χ3n) is 4.88. The van der Waals surface area contributed by atoms with E-state index >= 15 is 0 Å². The van der Waals surface area contributed by atoms with Crippen molar-refractivity contribution in [2.45, 2.75) is 11.4 Å². The third-order valence-corrected chi connectivity index (χ3v) is 6.56. The summed E-state index contributed by atoms with van der Waals surface area (Å²) in [5.74, 6) is -1.46. The minimum absolute atomic E-state index is 0.126. The minimum atomic E-state index is -3.88. The van der Waals surface area contributed by atoms with Crippen molar-refractivity contribution in [3.8, 4) is 0 Å². The summed E-state index contributed by atoms with van der Waals surface area (Å²) in [5, 5.41) is 12.3. The SMILES string of the molecule is O=C(O)c1ccc(CNC(=O)c2cn(S(=O)(=O)c3ccccc3)c3ccccc23)cc1. The van der Waals surface area contributed by atoms with Crippen LogP contribution in [0.2, 0.25) is 0 Å². The van der Waals surface area contributed by atoms with Crippen molar-refractivity contribution in [2.75, 3.05) is 0 Å². The Morgan fingerprint density at radius 2 is 1.52 bits per heavy atom. The molecule has 0 bridgehead atoms. The number of carboxylic acid groups (broad SMARTS) is 1. The first-order chi connectivity index (χ1) is 14.9. The number of fused-ring (bicyclic) bond motifs is 1. The Labute approximate surface area is 178 Å². The predicted molar refractivity (Wildman–Crippen MR) is 116 cm³/mol. The van der Waals surface area contributed by atoms with Crippen LogP contribution in [0.15, 0.2) is 90.0 Å². The van der Waals surface area contributed by atoms with Crippen LogP contribution < -0.4 is 5.32 Å². The van der Waals surface area contributed by atoms with Crippen molar-refractivity contribution in [1.29, 1.82) is 0 Å². The first kappa shape index (κ1) is 20.4. The lowest BCUT2D eigenvalue weighted by atomic mass is 10.1. The van der Waals surface area contributed by atoms with E-state index in [1.165, 1.54) is 30.5 Å². The topological polar surface area (TPSA) is 105 Å². The lowest BCUT2D eigenvalue weighted by Crippen LogP contribution is -2.22.